The van der Waals surface area contributed by atoms with E-state index in [1.807, 2.05) is 0 Å². The lowest BCUT2D eigenvalue weighted by Gasteiger charge is -2.20. The summed E-state index contributed by atoms with van der Waals surface area (Å²) in [7, 11) is -1.96. The van der Waals surface area contributed by atoms with E-state index in [2.05, 4.69) is 5.32 Å². The molecule has 2 aliphatic rings. The van der Waals surface area contributed by atoms with Crippen molar-refractivity contribution in [2.24, 2.45) is 0 Å². The van der Waals surface area contributed by atoms with Crippen LogP contribution < -0.4 is 5.32 Å². The van der Waals surface area contributed by atoms with E-state index < -0.39 is 10.0 Å². The number of benzene rings is 1. The van der Waals surface area contributed by atoms with E-state index in [4.69, 9.17) is 0 Å². The molecule has 0 aromatic heterocycles. The van der Waals surface area contributed by atoms with Crippen molar-refractivity contribution < 1.29 is 22.8 Å². The van der Waals surface area contributed by atoms with Gasteiger partial charge in [-0.05, 0) is 43.5 Å². The van der Waals surface area contributed by atoms with Crippen LogP contribution >= 0.6 is 0 Å². The maximum absolute atomic E-state index is 12.8. The van der Waals surface area contributed by atoms with E-state index in [0.29, 0.717) is 25.2 Å². The fourth-order valence-corrected chi connectivity index (χ4v) is 5.17. The van der Waals surface area contributed by atoms with Crippen LogP contribution in [0.25, 0.3) is 0 Å². The number of nitrogens with one attached hydrogen (secondary N) is 1. The molecule has 0 spiro atoms. The lowest BCUT2D eigenvalue weighted by molar-refractivity contribution is -0.125. The van der Waals surface area contributed by atoms with Crippen molar-refractivity contribution in [3.8, 4) is 0 Å². The van der Waals surface area contributed by atoms with Crippen molar-refractivity contribution >= 4 is 33.6 Å². The Hall–Kier alpha value is -2.46. The van der Waals surface area contributed by atoms with Crippen LogP contribution in [-0.4, -0.2) is 73.6 Å². The number of sulfonamides is 1. The molecule has 2 fully saturated rings. The highest BCUT2D eigenvalue weighted by Crippen LogP contribution is 2.22. The first-order valence-corrected chi connectivity index (χ1v) is 11.7. The number of nitrogens with zero attached hydrogens (tertiary/aromatic N) is 3. The highest BCUT2D eigenvalue weighted by Gasteiger charge is 2.32. The summed E-state index contributed by atoms with van der Waals surface area (Å²) >= 11 is 0. The summed E-state index contributed by atoms with van der Waals surface area (Å²) in [5, 5.41) is 2.72. The highest BCUT2D eigenvalue weighted by molar-refractivity contribution is 7.89. The standard InChI is InChI=1S/C20H28N4O5S/c1-22-15-19(26)24(20(22)27)14-6-7-18(25)21-16-8-10-17(11-9-16)30(28,29)23-12-4-2-3-5-13-23/h8-11H,2-7,12-15H2,1H3,(H,21,25). The molecule has 9 nitrogen and oxygen atoms in total. The molecule has 30 heavy (non-hydrogen) atoms. The first kappa shape index (κ1) is 22.2. The third kappa shape index (κ3) is 5.17. The number of urea groups is 1. The van der Waals surface area contributed by atoms with E-state index in [-0.39, 0.29) is 42.3 Å². The van der Waals surface area contributed by atoms with Gasteiger partial charge < -0.3 is 10.2 Å². The number of hydrogen-bond donors (Lipinski definition) is 1. The molecule has 164 valence electrons. The predicted octanol–water partition coefficient (Wildman–Crippen LogP) is 1.86. The van der Waals surface area contributed by atoms with Crippen molar-refractivity contribution in [2.75, 3.05) is 38.5 Å². The van der Waals surface area contributed by atoms with Gasteiger partial charge in [0.1, 0.15) is 6.54 Å². The Bertz CT molecular complexity index is 892. The number of anilines is 1. The van der Waals surface area contributed by atoms with Crippen molar-refractivity contribution in [3.63, 3.8) is 0 Å². The quantitative estimate of drug-likeness (QED) is 0.657. The summed E-state index contributed by atoms with van der Waals surface area (Å²) in [5.74, 6) is -0.519. The number of carbonyl (C=O) groups is 3. The second kappa shape index (κ2) is 9.57. The summed E-state index contributed by atoms with van der Waals surface area (Å²) in [4.78, 5) is 38.4. The molecule has 1 aromatic rings. The predicted molar refractivity (Wildman–Crippen MR) is 111 cm³/mol. The summed E-state index contributed by atoms with van der Waals surface area (Å²) in [5.41, 5.74) is 0.503. The second-order valence-electron chi connectivity index (χ2n) is 7.68. The van der Waals surface area contributed by atoms with E-state index in [0.717, 1.165) is 30.6 Å². The van der Waals surface area contributed by atoms with Gasteiger partial charge in [0.05, 0.1) is 4.90 Å². The summed E-state index contributed by atoms with van der Waals surface area (Å²) in [6.45, 7) is 1.34. The van der Waals surface area contributed by atoms with Gasteiger partial charge in [-0.1, -0.05) is 12.8 Å². The van der Waals surface area contributed by atoms with Gasteiger partial charge >= 0.3 is 6.03 Å². The van der Waals surface area contributed by atoms with Crippen molar-refractivity contribution in [2.45, 2.75) is 43.4 Å². The van der Waals surface area contributed by atoms with Crippen molar-refractivity contribution in [1.82, 2.24) is 14.1 Å². The molecule has 0 radical (unpaired) electrons. The Kier molecular flexibility index (Phi) is 7.09. The van der Waals surface area contributed by atoms with Crippen LogP contribution in [0.3, 0.4) is 0 Å². The Morgan fingerprint density at radius 3 is 2.23 bits per heavy atom. The normalized spacial score (nSPS) is 18.6. The summed E-state index contributed by atoms with van der Waals surface area (Å²) in [6.07, 6.45) is 4.35. The molecule has 0 atom stereocenters. The fourth-order valence-electron chi connectivity index (χ4n) is 3.65. The zero-order chi connectivity index (χ0) is 21.7. The monoisotopic (exact) mass is 436 g/mol. The maximum Gasteiger partial charge on any atom is 0.326 e. The number of likely N-dealkylation sites (N-methyl/N-ethyl adjacent to an activating group) is 1. The van der Waals surface area contributed by atoms with E-state index in [1.165, 1.54) is 21.3 Å². The Morgan fingerprint density at radius 2 is 1.67 bits per heavy atom. The number of carbonyl (C=O) groups excluding carboxylic acids is 3. The van der Waals surface area contributed by atoms with Gasteiger partial charge in [-0.2, -0.15) is 4.31 Å². The molecular weight excluding hydrogens is 408 g/mol. The minimum Gasteiger partial charge on any atom is -0.326 e. The number of imide groups is 1. The molecule has 2 aliphatic heterocycles. The number of rotatable bonds is 7. The Balaban J connectivity index is 1.50. The Morgan fingerprint density at radius 1 is 1.03 bits per heavy atom. The van der Waals surface area contributed by atoms with E-state index >= 15 is 0 Å². The summed E-state index contributed by atoms with van der Waals surface area (Å²) < 4.78 is 27.1. The molecule has 2 saturated heterocycles. The van der Waals surface area contributed by atoms with Crippen molar-refractivity contribution in [1.29, 1.82) is 0 Å². The first-order chi connectivity index (χ1) is 14.3. The molecule has 1 N–H and O–H groups in total. The molecule has 0 aliphatic carbocycles. The zero-order valence-electron chi connectivity index (χ0n) is 17.2. The molecule has 10 heteroatoms. The van der Waals surface area contributed by atoms with Crippen LogP contribution in [0.4, 0.5) is 10.5 Å². The SMILES string of the molecule is CN1CC(=O)N(CCCC(=O)Nc2ccc(S(=O)(=O)N3CCCCCC3)cc2)C1=O. The lowest BCUT2D eigenvalue weighted by Crippen LogP contribution is -2.33. The molecule has 2 heterocycles. The molecule has 0 unspecified atom stereocenters. The smallest absolute Gasteiger partial charge is 0.326 e. The average molecular weight is 437 g/mol. The van der Waals surface area contributed by atoms with E-state index in [1.54, 1.807) is 19.2 Å². The molecule has 0 bridgehead atoms. The Labute approximate surface area is 177 Å². The topological polar surface area (TPSA) is 107 Å². The fraction of sp³-hybridized carbons (Fsp3) is 0.550. The highest BCUT2D eigenvalue weighted by atomic mass is 32.2. The minimum atomic E-state index is -3.52. The molecule has 0 saturated carbocycles. The van der Waals surface area contributed by atoms with Gasteiger partial charge in [0.15, 0.2) is 0 Å². The number of amides is 4. The van der Waals surface area contributed by atoms with Crippen LogP contribution in [0.15, 0.2) is 29.2 Å². The van der Waals surface area contributed by atoms with Gasteiger partial charge in [-0.3, -0.25) is 14.5 Å². The third-order valence-electron chi connectivity index (χ3n) is 5.36. The van der Waals surface area contributed by atoms with Gasteiger partial charge in [0, 0.05) is 38.8 Å². The first-order valence-electron chi connectivity index (χ1n) is 10.2. The third-order valence-corrected chi connectivity index (χ3v) is 7.27. The van der Waals surface area contributed by atoms with Crippen LogP contribution in [0, 0.1) is 0 Å². The largest absolute Gasteiger partial charge is 0.326 e. The van der Waals surface area contributed by atoms with Crippen molar-refractivity contribution in [3.05, 3.63) is 24.3 Å². The minimum absolute atomic E-state index is 0.0672. The van der Waals surface area contributed by atoms with E-state index in [9.17, 15) is 22.8 Å². The van der Waals surface area contributed by atoms with Crippen LogP contribution in [-0.2, 0) is 19.6 Å². The average Bonchev–Trinajstić information content (AvgIpc) is 2.91. The lowest BCUT2D eigenvalue weighted by atomic mass is 10.2. The second-order valence-corrected chi connectivity index (χ2v) is 9.62. The maximum atomic E-state index is 12.8. The van der Waals surface area contributed by atoms with Gasteiger partial charge in [-0.15, -0.1) is 0 Å². The molecule has 4 amide bonds. The summed E-state index contributed by atoms with van der Waals surface area (Å²) in [6, 6.07) is 5.82. The molecule has 3 rings (SSSR count). The van der Waals surface area contributed by atoms with Crippen LogP contribution in [0.5, 0.6) is 0 Å². The molecular formula is C20H28N4O5S. The zero-order valence-corrected chi connectivity index (χ0v) is 18.0. The van der Waals surface area contributed by atoms with Crippen LogP contribution in [0.2, 0.25) is 0 Å². The molecule has 1 aromatic carbocycles. The van der Waals surface area contributed by atoms with Gasteiger partial charge in [-0.25, -0.2) is 13.2 Å². The van der Waals surface area contributed by atoms with Gasteiger partial charge in [0.2, 0.25) is 21.8 Å². The van der Waals surface area contributed by atoms with Crippen LogP contribution in [0.1, 0.15) is 38.5 Å². The van der Waals surface area contributed by atoms with Gasteiger partial charge in [0.25, 0.3) is 0 Å². The number of hydrogen-bond acceptors (Lipinski definition) is 5.